The summed E-state index contributed by atoms with van der Waals surface area (Å²) in [6, 6.07) is 3.57. The van der Waals surface area contributed by atoms with Crippen LogP contribution in [-0.2, 0) is 15.5 Å². The fraction of sp³-hybridized carbons (Fsp3) is 0.400. The molecule has 0 saturated carbocycles. The normalized spacial score (nSPS) is 11.5. The van der Waals surface area contributed by atoms with Gasteiger partial charge in [0, 0.05) is 21.3 Å². The average Bonchev–Trinajstić information content (AvgIpc) is 2.13. The number of aryl methyl sites for hydroxylation is 1. The number of hydrogen-bond acceptors (Lipinski definition) is 3. The maximum atomic E-state index is 10.9. The molecule has 0 aliphatic carbocycles. The average molecular weight is 283 g/mol. The van der Waals surface area contributed by atoms with E-state index in [4.69, 9.17) is 27.0 Å². The highest BCUT2D eigenvalue weighted by atomic mass is 35.7. The van der Waals surface area contributed by atoms with E-state index in [-0.39, 0.29) is 12.2 Å². The van der Waals surface area contributed by atoms with Crippen molar-refractivity contribution >= 4 is 31.3 Å². The molecule has 0 N–H and O–H groups in total. The van der Waals surface area contributed by atoms with Crippen molar-refractivity contribution in [3.05, 3.63) is 28.3 Å². The monoisotopic (exact) mass is 282 g/mol. The number of halogens is 2. The summed E-state index contributed by atoms with van der Waals surface area (Å²) in [7, 11) is 3.15. The predicted octanol–water partition coefficient (Wildman–Crippen LogP) is 2.77. The summed E-state index contributed by atoms with van der Waals surface area (Å²) < 4.78 is 26.9. The second kappa shape index (κ2) is 5.25. The van der Waals surface area contributed by atoms with Crippen LogP contribution in [0.4, 0.5) is 0 Å². The fourth-order valence-electron chi connectivity index (χ4n) is 1.39. The summed E-state index contributed by atoms with van der Waals surface area (Å²) in [5.74, 6) is 0.429. The molecule has 0 spiro atoms. The lowest BCUT2D eigenvalue weighted by Gasteiger charge is -2.10. The lowest BCUT2D eigenvalue weighted by Crippen LogP contribution is -2.03. The second-order valence-corrected chi connectivity index (χ2v) is 6.72. The Hall–Kier alpha value is -0.450. The SMILES string of the molecule is COc1cc(C)cc(Cl)c1CCS(=O)(=O)Cl. The minimum atomic E-state index is -3.52. The van der Waals surface area contributed by atoms with Crippen molar-refractivity contribution in [3.63, 3.8) is 0 Å². The number of hydrogen-bond donors (Lipinski definition) is 0. The number of methoxy groups -OCH3 is 1. The minimum absolute atomic E-state index is 0.159. The third-order valence-corrected chi connectivity index (χ3v) is 3.61. The lowest BCUT2D eigenvalue weighted by atomic mass is 10.1. The summed E-state index contributed by atoms with van der Waals surface area (Å²) in [6.07, 6.45) is 0.244. The molecule has 0 atom stereocenters. The highest BCUT2D eigenvalue weighted by Gasteiger charge is 2.13. The first-order chi connectivity index (χ1) is 7.33. The van der Waals surface area contributed by atoms with Gasteiger partial charge in [0.2, 0.25) is 9.05 Å². The van der Waals surface area contributed by atoms with E-state index in [0.717, 1.165) is 5.56 Å². The molecule has 0 aliphatic rings. The molecular formula is C10H12Cl2O3S. The van der Waals surface area contributed by atoms with Crippen molar-refractivity contribution in [3.8, 4) is 5.75 Å². The first kappa shape index (κ1) is 13.6. The highest BCUT2D eigenvalue weighted by molar-refractivity contribution is 8.13. The van der Waals surface area contributed by atoms with E-state index >= 15 is 0 Å². The van der Waals surface area contributed by atoms with Crippen LogP contribution in [0.5, 0.6) is 5.75 Å². The summed E-state index contributed by atoms with van der Waals surface area (Å²) in [6.45, 7) is 1.89. The van der Waals surface area contributed by atoms with Gasteiger partial charge in [-0.25, -0.2) is 8.42 Å². The highest BCUT2D eigenvalue weighted by Crippen LogP contribution is 2.29. The Labute approximate surface area is 105 Å². The summed E-state index contributed by atoms with van der Waals surface area (Å²) >= 11 is 6.02. The molecule has 90 valence electrons. The van der Waals surface area contributed by atoms with Crippen molar-refractivity contribution in [2.45, 2.75) is 13.3 Å². The first-order valence-electron chi connectivity index (χ1n) is 4.59. The topological polar surface area (TPSA) is 43.4 Å². The van der Waals surface area contributed by atoms with Crippen molar-refractivity contribution in [2.24, 2.45) is 0 Å². The Bertz CT molecular complexity index is 483. The zero-order valence-electron chi connectivity index (χ0n) is 8.96. The molecule has 1 aromatic rings. The molecule has 0 bridgehead atoms. The van der Waals surface area contributed by atoms with Crippen LogP contribution in [0, 0.1) is 6.92 Å². The molecule has 1 aromatic carbocycles. The minimum Gasteiger partial charge on any atom is -0.496 e. The number of rotatable bonds is 4. The first-order valence-corrected chi connectivity index (χ1v) is 7.44. The Kier molecular flexibility index (Phi) is 4.47. The lowest BCUT2D eigenvalue weighted by molar-refractivity contribution is 0.410. The maximum absolute atomic E-state index is 10.9. The molecule has 0 radical (unpaired) electrons. The molecule has 0 aliphatic heterocycles. The second-order valence-electron chi connectivity index (χ2n) is 3.42. The van der Waals surface area contributed by atoms with Gasteiger partial charge < -0.3 is 4.74 Å². The van der Waals surface area contributed by atoms with Crippen LogP contribution in [0.3, 0.4) is 0 Å². The quantitative estimate of drug-likeness (QED) is 0.798. The molecule has 1 rings (SSSR count). The number of ether oxygens (including phenoxy) is 1. The zero-order chi connectivity index (χ0) is 12.3. The Morgan fingerprint density at radius 3 is 2.50 bits per heavy atom. The Balaban J connectivity index is 3.03. The van der Waals surface area contributed by atoms with Gasteiger partial charge in [0.25, 0.3) is 0 Å². The van der Waals surface area contributed by atoms with Gasteiger partial charge in [0.15, 0.2) is 0 Å². The summed E-state index contributed by atoms with van der Waals surface area (Å²) in [5, 5.41) is 0.497. The standard InChI is InChI=1S/C10H12Cl2O3S/c1-7-5-9(11)8(10(6-7)15-2)3-4-16(12,13)14/h5-6H,3-4H2,1-2H3. The molecular weight excluding hydrogens is 271 g/mol. The maximum Gasteiger partial charge on any atom is 0.232 e. The van der Waals surface area contributed by atoms with E-state index < -0.39 is 9.05 Å². The molecule has 0 amide bonds. The fourth-order valence-corrected chi connectivity index (χ4v) is 2.43. The third kappa shape index (κ3) is 3.85. The molecule has 0 aromatic heterocycles. The van der Waals surface area contributed by atoms with E-state index in [1.807, 2.05) is 13.0 Å². The van der Waals surface area contributed by atoms with E-state index in [1.54, 1.807) is 6.07 Å². The van der Waals surface area contributed by atoms with Crippen LogP contribution >= 0.6 is 22.3 Å². The van der Waals surface area contributed by atoms with Gasteiger partial charge in [0.1, 0.15) is 5.75 Å². The molecule has 6 heteroatoms. The van der Waals surface area contributed by atoms with Crippen LogP contribution in [0.2, 0.25) is 5.02 Å². The van der Waals surface area contributed by atoms with Crippen LogP contribution in [-0.4, -0.2) is 21.3 Å². The van der Waals surface area contributed by atoms with Crippen molar-refractivity contribution < 1.29 is 13.2 Å². The molecule has 3 nitrogen and oxygen atoms in total. The van der Waals surface area contributed by atoms with Gasteiger partial charge in [-0.2, -0.15) is 0 Å². The smallest absolute Gasteiger partial charge is 0.232 e. The summed E-state index contributed by atoms with van der Waals surface area (Å²) in [5.41, 5.74) is 1.62. The van der Waals surface area contributed by atoms with Crippen molar-refractivity contribution in [1.29, 1.82) is 0 Å². The summed E-state index contributed by atoms with van der Waals surface area (Å²) in [4.78, 5) is 0. The molecule has 0 fully saturated rings. The van der Waals surface area contributed by atoms with E-state index in [1.165, 1.54) is 7.11 Å². The molecule has 16 heavy (non-hydrogen) atoms. The predicted molar refractivity (Wildman–Crippen MR) is 66.1 cm³/mol. The molecule has 0 heterocycles. The van der Waals surface area contributed by atoms with Crippen LogP contribution in [0.25, 0.3) is 0 Å². The zero-order valence-corrected chi connectivity index (χ0v) is 11.3. The van der Waals surface area contributed by atoms with Crippen molar-refractivity contribution in [1.82, 2.24) is 0 Å². The van der Waals surface area contributed by atoms with Crippen LogP contribution < -0.4 is 4.74 Å². The van der Waals surface area contributed by atoms with Crippen molar-refractivity contribution in [2.75, 3.05) is 12.9 Å². The van der Waals surface area contributed by atoms with Gasteiger partial charge in [-0.3, -0.25) is 0 Å². The largest absolute Gasteiger partial charge is 0.496 e. The third-order valence-electron chi connectivity index (χ3n) is 2.11. The van der Waals surface area contributed by atoms with E-state index in [0.29, 0.717) is 16.3 Å². The Morgan fingerprint density at radius 2 is 2.00 bits per heavy atom. The van der Waals surface area contributed by atoms with Gasteiger partial charge in [-0.15, -0.1) is 0 Å². The Morgan fingerprint density at radius 1 is 1.38 bits per heavy atom. The molecule has 0 unspecified atom stereocenters. The van der Waals surface area contributed by atoms with Gasteiger partial charge in [-0.05, 0) is 31.0 Å². The van der Waals surface area contributed by atoms with E-state index in [2.05, 4.69) is 0 Å². The van der Waals surface area contributed by atoms with E-state index in [9.17, 15) is 8.42 Å². The van der Waals surface area contributed by atoms with Crippen LogP contribution in [0.1, 0.15) is 11.1 Å². The van der Waals surface area contributed by atoms with Gasteiger partial charge >= 0.3 is 0 Å². The molecule has 0 saturated heterocycles. The van der Waals surface area contributed by atoms with Gasteiger partial charge in [0.05, 0.1) is 12.9 Å². The number of benzene rings is 1. The van der Waals surface area contributed by atoms with Gasteiger partial charge in [-0.1, -0.05) is 11.6 Å². The van der Waals surface area contributed by atoms with Crippen LogP contribution in [0.15, 0.2) is 12.1 Å².